The minimum atomic E-state index is -0.828. The summed E-state index contributed by atoms with van der Waals surface area (Å²) in [6.07, 6.45) is 5.72. The third kappa shape index (κ3) is 3.14. The Bertz CT molecular complexity index is 1080. The van der Waals surface area contributed by atoms with Gasteiger partial charge < -0.3 is 15.0 Å². The van der Waals surface area contributed by atoms with Crippen molar-refractivity contribution >= 4 is 16.9 Å². The zero-order valence-corrected chi connectivity index (χ0v) is 17.0. The van der Waals surface area contributed by atoms with E-state index in [1.165, 1.54) is 11.1 Å². The number of piperidine rings is 1. The first-order valence-electron chi connectivity index (χ1n) is 10.5. The number of aryl methyl sites for hydroxylation is 1. The molecule has 1 aliphatic heterocycles. The lowest BCUT2D eigenvalue weighted by molar-refractivity contribution is 0.0546. The number of aromatic nitrogens is 2. The van der Waals surface area contributed by atoms with Crippen LogP contribution in [0.4, 0.5) is 0 Å². The Morgan fingerprint density at radius 1 is 1.21 bits per heavy atom. The van der Waals surface area contributed by atoms with Gasteiger partial charge in [-0.3, -0.25) is 4.79 Å². The van der Waals surface area contributed by atoms with Gasteiger partial charge in [0.1, 0.15) is 0 Å². The molecule has 1 saturated heterocycles. The van der Waals surface area contributed by atoms with Crippen molar-refractivity contribution in [2.45, 2.75) is 57.1 Å². The average Bonchev–Trinajstić information content (AvgIpc) is 3.19. The van der Waals surface area contributed by atoms with Crippen molar-refractivity contribution < 1.29 is 9.90 Å². The van der Waals surface area contributed by atoms with Crippen molar-refractivity contribution in [2.75, 3.05) is 6.54 Å². The van der Waals surface area contributed by atoms with Crippen LogP contribution in [0.15, 0.2) is 42.7 Å². The molecule has 1 unspecified atom stereocenters. The van der Waals surface area contributed by atoms with Gasteiger partial charge in [-0.2, -0.15) is 0 Å². The molecule has 2 heterocycles. The van der Waals surface area contributed by atoms with Crippen LogP contribution in [0.3, 0.4) is 0 Å². The van der Waals surface area contributed by atoms with Gasteiger partial charge in [0, 0.05) is 24.1 Å². The number of amides is 1. The molecular weight excluding hydrogens is 362 g/mol. The number of aromatic amines is 1. The number of aliphatic hydroxyl groups is 1. The molecule has 1 aromatic heterocycles. The second kappa shape index (κ2) is 6.70. The maximum Gasteiger partial charge on any atom is 0.254 e. The number of benzene rings is 2. The monoisotopic (exact) mass is 389 g/mol. The van der Waals surface area contributed by atoms with Crippen molar-refractivity contribution in [3.8, 4) is 0 Å². The van der Waals surface area contributed by atoms with Gasteiger partial charge in [0.2, 0.25) is 0 Å². The minimum Gasteiger partial charge on any atom is -0.386 e. The molecule has 2 N–H and O–H groups in total. The van der Waals surface area contributed by atoms with E-state index < -0.39 is 5.60 Å². The van der Waals surface area contributed by atoms with Crippen molar-refractivity contribution in [3.63, 3.8) is 0 Å². The number of nitrogens with one attached hydrogen (secondary N) is 1. The number of likely N-dealkylation sites (tertiary alicyclic amines) is 1. The first kappa shape index (κ1) is 18.4. The van der Waals surface area contributed by atoms with E-state index in [9.17, 15) is 9.90 Å². The van der Waals surface area contributed by atoms with E-state index in [1.807, 2.05) is 38.1 Å². The lowest BCUT2D eigenvalue weighted by Gasteiger charge is -2.45. The van der Waals surface area contributed by atoms with E-state index in [0.717, 1.165) is 54.4 Å². The molecule has 2 aromatic carbocycles. The highest BCUT2D eigenvalue weighted by atomic mass is 16.3. The van der Waals surface area contributed by atoms with Gasteiger partial charge in [-0.15, -0.1) is 0 Å². The van der Waals surface area contributed by atoms with Gasteiger partial charge in [0.05, 0.1) is 23.0 Å². The molecule has 29 heavy (non-hydrogen) atoms. The van der Waals surface area contributed by atoms with E-state index in [1.54, 1.807) is 6.33 Å². The number of nitrogens with zero attached hydrogens (tertiary/aromatic N) is 2. The smallest absolute Gasteiger partial charge is 0.254 e. The van der Waals surface area contributed by atoms with Gasteiger partial charge in [-0.05, 0) is 74.4 Å². The van der Waals surface area contributed by atoms with Crippen LogP contribution in [0.5, 0.6) is 0 Å². The van der Waals surface area contributed by atoms with Crippen LogP contribution < -0.4 is 0 Å². The molecule has 5 heteroatoms. The standard InChI is InChI=1S/C24H27N3O2/c1-24(2,29)17-7-8-18-15(12-17)6-10-22-19(18)4-3-11-27(22)23(28)16-5-9-20-21(13-16)26-14-25-20/h5,7-9,12-14,19,22,29H,3-4,6,10-11H2,1-2H3,(H,25,26)/t19?,22-/m0/s1. The molecule has 1 fully saturated rings. The highest BCUT2D eigenvalue weighted by molar-refractivity contribution is 5.97. The molecule has 3 aromatic rings. The SMILES string of the molecule is CC(C)(O)c1ccc2c(c1)CC[C@H]1C2CCCN1C(=O)c1ccc2nc[nH]c2c1. The van der Waals surface area contributed by atoms with Crippen LogP contribution in [0, 0.1) is 0 Å². The maximum atomic E-state index is 13.4. The van der Waals surface area contributed by atoms with E-state index in [4.69, 9.17) is 0 Å². The fourth-order valence-corrected chi connectivity index (χ4v) is 5.13. The average molecular weight is 389 g/mol. The van der Waals surface area contributed by atoms with Gasteiger partial charge in [0.25, 0.3) is 5.91 Å². The highest BCUT2D eigenvalue weighted by Gasteiger charge is 2.39. The predicted octanol–water partition coefficient (Wildman–Crippen LogP) is 4.12. The van der Waals surface area contributed by atoms with Gasteiger partial charge in [0.15, 0.2) is 0 Å². The van der Waals surface area contributed by atoms with Crippen molar-refractivity contribution in [1.29, 1.82) is 0 Å². The van der Waals surface area contributed by atoms with Crippen LogP contribution in [-0.4, -0.2) is 38.5 Å². The largest absolute Gasteiger partial charge is 0.386 e. The van der Waals surface area contributed by atoms with Crippen molar-refractivity contribution in [2.24, 2.45) is 0 Å². The normalized spacial score (nSPS) is 21.7. The van der Waals surface area contributed by atoms with E-state index in [2.05, 4.69) is 27.0 Å². The molecule has 0 saturated carbocycles. The summed E-state index contributed by atoms with van der Waals surface area (Å²) in [5, 5.41) is 10.4. The third-order valence-electron chi connectivity index (χ3n) is 6.67. The number of imidazole rings is 1. The molecule has 150 valence electrons. The Kier molecular flexibility index (Phi) is 4.24. The molecule has 1 amide bonds. The lowest BCUT2D eigenvalue weighted by atomic mass is 9.73. The van der Waals surface area contributed by atoms with Gasteiger partial charge in [-0.25, -0.2) is 4.98 Å². The minimum absolute atomic E-state index is 0.118. The fraction of sp³-hybridized carbons (Fsp3) is 0.417. The second-order valence-electron chi connectivity index (χ2n) is 8.96. The molecule has 1 aliphatic carbocycles. The first-order chi connectivity index (χ1) is 13.9. The van der Waals surface area contributed by atoms with Gasteiger partial charge in [-0.1, -0.05) is 18.2 Å². The topological polar surface area (TPSA) is 69.2 Å². The van der Waals surface area contributed by atoms with Crippen LogP contribution in [0.2, 0.25) is 0 Å². The van der Waals surface area contributed by atoms with Crippen LogP contribution >= 0.6 is 0 Å². The van der Waals surface area contributed by atoms with Crippen LogP contribution in [-0.2, 0) is 12.0 Å². The summed E-state index contributed by atoms with van der Waals surface area (Å²) in [5.74, 6) is 0.496. The molecule has 0 spiro atoms. The van der Waals surface area contributed by atoms with Crippen LogP contribution in [0.25, 0.3) is 11.0 Å². The first-order valence-corrected chi connectivity index (χ1v) is 10.5. The number of rotatable bonds is 2. The molecule has 5 rings (SSSR count). The summed E-state index contributed by atoms with van der Waals surface area (Å²) in [6, 6.07) is 12.4. The Morgan fingerprint density at radius 3 is 2.90 bits per heavy atom. The zero-order valence-electron chi connectivity index (χ0n) is 17.0. The van der Waals surface area contributed by atoms with Gasteiger partial charge >= 0.3 is 0 Å². The number of hydrogen-bond donors (Lipinski definition) is 2. The summed E-state index contributed by atoms with van der Waals surface area (Å²) in [4.78, 5) is 22.8. The van der Waals surface area contributed by atoms with E-state index in [-0.39, 0.29) is 11.9 Å². The summed E-state index contributed by atoms with van der Waals surface area (Å²) in [7, 11) is 0. The number of carbonyl (C=O) groups excluding carboxylic acids is 1. The van der Waals surface area contributed by atoms with Crippen molar-refractivity contribution in [1.82, 2.24) is 14.9 Å². The molecule has 5 nitrogen and oxygen atoms in total. The maximum absolute atomic E-state index is 13.4. The molecule has 0 radical (unpaired) electrons. The Balaban J connectivity index is 1.45. The Hall–Kier alpha value is -2.66. The molecule has 2 atom stereocenters. The third-order valence-corrected chi connectivity index (χ3v) is 6.67. The summed E-state index contributed by atoms with van der Waals surface area (Å²) in [6.45, 7) is 4.48. The fourth-order valence-electron chi connectivity index (χ4n) is 5.13. The number of hydrogen-bond acceptors (Lipinski definition) is 3. The highest BCUT2D eigenvalue weighted by Crippen LogP contribution is 2.42. The second-order valence-corrected chi connectivity index (χ2v) is 8.96. The number of carbonyl (C=O) groups is 1. The summed E-state index contributed by atoms with van der Waals surface area (Å²) in [5.41, 5.74) is 5.34. The van der Waals surface area contributed by atoms with E-state index >= 15 is 0 Å². The van der Waals surface area contributed by atoms with Crippen molar-refractivity contribution in [3.05, 3.63) is 65.0 Å². The number of fused-ring (bicyclic) bond motifs is 4. The lowest BCUT2D eigenvalue weighted by Crippen LogP contribution is -2.49. The molecule has 0 bridgehead atoms. The predicted molar refractivity (Wildman–Crippen MR) is 113 cm³/mol. The Labute approximate surface area is 170 Å². The number of H-pyrrole nitrogens is 1. The van der Waals surface area contributed by atoms with Crippen LogP contribution in [0.1, 0.15) is 66.1 Å². The summed E-state index contributed by atoms with van der Waals surface area (Å²) < 4.78 is 0. The Morgan fingerprint density at radius 2 is 2.07 bits per heavy atom. The zero-order chi connectivity index (χ0) is 20.2. The molecular formula is C24H27N3O2. The quantitative estimate of drug-likeness (QED) is 0.693. The molecule has 2 aliphatic rings. The summed E-state index contributed by atoms with van der Waals surface area (Å²) >= 11 is 0. The van der Waals surface area contributed by atoms with E-state index in [0.29, 0.717) is 5.92 Å².